The van der Waals surface area contributed by atoms with Gasteiger partial charge in [0.25, 0.3) is 20.0 Å². The van der Waals surface area contributed by atoms with Crippen LogP contribution in [0.4, 0.5) is 5.69 Å². The van der Waals surface area contributed by atoms with Crippen LogP contribution in [-0.4, -0.2) is 36.8 Å². The molecule has 0 saturated heterocycles. The molecule has 0 aliphatic carbocycles. The predicted octanol–water partition coefficient (Wildman–Crippen LogP) is 12.9. The van der Waals surface area contributed by atoms with Crippen LogP contribution in [0.5, 0.6) is 0 Å². The van der Waals surface area contributed by atoms with Gasteiger partial charge in [0.15, 0.2) is 0 Å². The summed E-state index contributed by atoms with van der Waals surface area (Å²) in [6.07, 6.45) is 7.30. The Kier molecular flexibility index (Phi) is 10.7. The van der Waals surface area contributed by atoms with Crippen LogP contribution in [0.15, 0.2) is 149 Å². The highest BCUT2D eigenvalue weighted by Crippen LogP contribution is 2.41. The highest BCUT2D eigenvalue weighted by molar-refractivity contribution is 9.11. The van der Waals surface area contributed by atoms with E-state index in [9.17, 15) is 0 Å². The summed E-state index contributed by atoms with van der Waals surface area (Å²) in [5, 5.41) is 0. The molecule has 2 aliphatic rings. The standard InChI is InChI=1S/C45H29Br4N5O4S2/c1-26-35-12-14-37(50-35)43(27-20-29(46)24-30(47)21-27)39-16-18-41(52-39)45(54(59(55,56)33-8-4-2-5-9-33)60(57,58)34-10-6-3-7-11-34)42-19-17-40(53-42)44(38-15-13-36(26)51-38)28-22-31(48)25-32(49)23-28/h2-25,50,53H,1H3. The smallest absolute Gasteiger partial charge is 0.277 e. The molecular weight excluding hydrogens is 1060 g/mol. The molecule has 2 N–H and O–H groups in total. The number of hydrogen-bond acceptors (Lipinski definition) is 6. The molecule has 5 heterocycles. The van der Waals surface area contributed by atoms with Gasteiger partial charge in [-0.05, 0) is 133 Å². The zero-order chi connectivity index (χ0) is 41.9. The van der Waals surface area contributed by atoms with E-state index in [1.807, 2.05) is 67.6 Å². The monoisotopic (exact) mass is 1080 g/mol. The summed E-state index contributed by atoms with van der Waals surface area (Å²) in [4.78, 5) is 16.9. The van der Waals surface area contributed by atoms with E-state index in [-0.39, 0.29) is 26.7 Å². The Balaban J connectivity index is 1.50. The second kappa shape index (κ2) is 15.9. The van der Waals surface area contributed by atoms with Crippen molar-refractivity contribution in [2.75, 3.05) is 3.71 Å². The van der Waals surface area contributed by atoms with Crippen LogP contribution in [0, 0.1) is 6.92 Å². The molecule has 0 saturated carbocycles. The number of anilines is 1. The molecule has 0 unspecified atom stereocenters. The number of fused-ring (bicyclic) bond motifs is 8. The molecule has 9 rings (SSSR count). The van der Waals surface area contributed by atoms with E-state index in [1.54, 1.807) is 60.7 Å². The van der Waals surface area contributed by atoms with Crippen LogP contribution in [0.2, 0.25) is 0 Å². The van der Waals surface area contributed by atoms with Crippen molar-refractivity contribution in [3.8, 4) is 22.3 Å². The van der Waals surface area contributed by atoms with Gasteiger partial charge in [-0.1, -0.05) is 100 Å². The number of sulfonamides is 2. The highest BCUT2D eigenvalue weighted by atomic mass is 79.9. The molecule has 60 heavy (non-hydrogen) atoms. The van der Waals surface area contributed by atoms with Crippen LogP contribution in [-0.2, 0) is 20.0 Å². The van der Waals surface area contributed by atoms with Crippen molar-refractivity contribution in [2.24, 2.45) is 0 Å². The van der Waals surface area contributed by atoms with Crippen molar-refractivity contribution in [1.29, 1.82) is 0 Å². The average molecular weight is 1090 g/mol. The van der Waals surface area contributed by atoms with E-state index in [2.05, 4.69) is 73.7 Å². The van der Waals surface area contributed by atoms with Gasteiger partial charge in [0, 0.05) is 45.6 Å². The number of nitrogens with zero attached hydrogens (tertiary/aromatic N) is 3. The molecule has 0 fully saturated rings. The zero-order valence-corrected chi connectivity index (χ0v) is 39.1. The van der Waals surface area contributed by atoms with Gasteiger partial charge in [-0.25, -0.2) is 26.8 Å². The normalized spacial score (nSPS) is 12.6. The zero-order valence-electron chi connectivity index (χ0n) is 31.2. The molecule has 7 aromatic rings. The third-order valence-electron chi connectivity index (χ3n) is 9.99. The number of rotatable bonds is 7. The van der Waals surface area contributed by atoms with E-state index in [4.69, 9.17) is 9.97 Å². The van der Waals surface area contributed by atoms with E-state index in [0.717, 1.165) is 51.3 Å². The number of aromatic amines is 2. The minimum atomic E-state index is -4.85. The second-order valence-corrected chi connectivity index (χ2v) is 21.3. The fraction of sp³-hybridized carbons (Fsp3) is 0.0222. The van der Waals surface area contributed by atoms with Crippen LogP contribution in [0.25, 0.3) is 68.6 Å². The van der Waals surface area contributed by atoms with E-state index in [0.29, 0.717) is 31.7 Å². The van der Waals surface area contributed by atoms with Crippen molar-refractivity contribution in [2.45, 2.75) is 16.7 Å². The van der Waals surface area contributed by atoms with Gasteiger partial charge in [-0.15, -0.1) is 0 Å². The van der Waals surface area contributed by atoms with Gasteiger partial charge < -0.3 is 9.97 Å². The van der Waals surface area contributed by atoms with Gasteiger partial charge >= 0.3 is 0 Å². The number of hydrogen-bond donors (Lipinski definition) is 2. The maximum absolute atomic E-state index is 15.1. The first-order chi connectivity index (χ1) is 28.8. The minimum absolute atomic E-state index is 0.0889. The highest BCUT2D eigenvalue weighted by Gasteiger charge is 2.40. The average Bonchev–Trinajstić information content (AvgIpc) is 4.06. The number of benzene rings is 4. The van der Waals surface area contributed by atoms with Gasteiger partial charge in [-0.2, -0.15) is 3.71 Å². The van der Waals surface area contributed by atoms with Crippen LogP contribution < -0.4 is 3.71 Å². The van der Waals surface area contributed by atoms with Gasteiger partial charge in [0.05, 0.1) is 38.1 Å². The van der Waals surface area contributed by atoms with Crippen molar-refractivity contribution < 1.29 is 16.8 Å². The molecule has 0 radical (unpaired) electrons. The molecule has 0 atom stereocenters. The Morgan fingerprint density at radius 1 is 0.467 bits per heavy atom. The quantitative estimate of drug-likeness (QED) is 0.164. The van der Waals surface area contributed by atoms with E-state index >= 15 is 16.8 Å². The lowest BCUT2D eigenvalue weighted by molar-refractivity contribution is 0.584. The summed E-state index contributed by atoms with van der Waals surface area (Å²) in [6.45, 7) is 2.01. The Morgan fingerprint density at radius 3 is 1.33 bits per heavy atom. The van der Waals surface area contributed by atoms with Crippen LogP contribution >= 0.6 is 63.7 Å². The predicted molar refractivity (Wildman–Crippen MR) is 255 cm³/mol. The minimum Gasteiger partial charge on any atom is -0.355 e. The lowest BCUT2D eigenvalue weighted by Crippen LogP contribution is -2.37. The van der Waals surface area contributed by atoms with Gasteiger partial charge in [0.1, 0.15) is 5.69 Å². The first-order valence-corrected chi connectivity index (χ1v) is 24.3. The summed E-state index contributed by atoms with van der Waals surface area (Å²) in [5.41, 5.74) is 7.87. The molecule has 9 nitrogen and oxygen atoms in total. The molecule has 0 amide bonds. The van der Waals surface area contributed by atoms with Gasteiger partial charge in [-0.3, -0.25) is 0 Å². The Morgan fingerprint density at radius 2 is 0.850 bits per heavy atom. The lowest BCUT2D eigenvalue weighted by atomic mass is 10.0. The number of aromatic nitrogens is 4. The fourth-order valence-corrected chi connectivity index (χ4v) is 13.7. The van der Waals surface area contributed by atoms with Crippen molar-refractivity contribution in [1.82, 2.24) is 19.9 Å². The van der Waals surface area contributed by atoms with Crippen molar-refractivity contribution in [3.63, 3.8) is 0 Å². The SMILES string of the molecule is Cc1c2nc(c(-c3cc(Br)cc(Br)c3)c3ccc([nH]3)c(N(S(=O)(=O)c3ccccc3)S(=O)(=O)c3ccccc3)c3nc(c(-c4cc(Br)cc(Br)c4)c4ccc1[nH]4)C=C3)C=C2. The molecular formula is C45H29Br4N5O4S2. The number of H-pyrrole nitrogens is 2. The molecule has 2 aliphatic heterocycles. The number of nitrogens with one attached hydrogen (secondary N) is 2. The third-order valence-corrected chi connectivity index (χ3v) is 16.0. The van der Waals surface area contributed by atoms with E-state index < -0.39 is 20.0 Å². The maximum atomic E-state index is 15.1. The summed E-state index contributed by atoms with van der Waals surface area (Å²) in [6, 6.07) is 34.1. The Bertz CT molecular complexity index is 3210. The molecule has 298 valence electrons. The summed E-state index contributed by atoms with van der Waals surface area (Å²) in [5.74, 6) is 0. The molecule has 4 aromatic carbocycles. The van der Waals surface area contributed by atoms with Gasteiger partial charge in [0.2, 0.25) is 0 Å². The lowest BCUT2D eigenvalue weighted by Gasteiger charge is -2.25. The van der Waals surface area contributed by atoms with Crippen LogP contribution in [0.3, 0.4) is 0 Å². The molecule has 0 spiro atoms. The second-order valence-electron chi connectivity index (χ2n) is 13.9. The van der Waals surface area contributed by atoms with Crippen molar-refractivity contribution >= 4 is 136 Å². The largest absolute Gasteiger partial charge is 0.355 e. The number of aryl methyl sites for hydroxylation is 1. The summed E-state index contributed by atoms with van der Waals surface area (Å²) in [7, 11) is -9.71. The molecule has 15 heteroatoms. The topological polar surface area (TPSA) is 129 Å². The molecule has 8 bridgehead atoms. The fourth-order valence-electron chi connectivity index (χ4n) is 7.28. The first-order valence-electron chi connectivity index (χ1n) is 18.2. The first kappa shape index (κ1) is 40.5. The van der Waals surface area contributed by atoms with Crippen LogP contribution in [0.1, 0.15) is 28.3 Å². The summed E-state index contributed by atoms with van der Waals surface area (Å²) < 4.78 is 64.1. The Hall–Kier alpha value is -4.90. The van der Waals surface area contributed by atoms with Crippen molar-refractivity contribution in [3.05, 3.63) is 168 Å². The Labute approximate surface area is 379 Å². The number of halogens is 4. The maximum Gasteiger partial charge on any atom is 0.277 e. The van der Waals surface area contributed by atoms with E-state index in [1.165, 1.54) is 24.3 Å². The summed E-state index contributed by atoms with van der Waals surface area (Å²) >= 11 is 14.6. The molecule has 3 aromatic heterocycles. The third kappa shape index (κ3) is 7.45.